The van der Waals surface area contributed by atoms with Crippen LogP contribution in [-0.2, 0) is 22.5 Å². The summed E-state index contributed by atoms with van der Waals surface area (Å²) in [6, 6.07) is 12.2. The number of nitrogens with zero attached hydrogens (tertiary/aromatic N) is 2. The minimum Gasteiger partial charge on any atom is -0.460 e. The molecule has 0 aliphatic carbocycles. The first-order chi connectivity index (χ1) is 14.2. The van der Waals surface area contributed by atoms with Crippen LogP contribution in [0.1, 0.15) is 42.3 Å². The van der Waals surface area contributed by atoms with Gasteiger partial charge >= 0.3 is 5.97 Å². The van der Waals surface area contributed by atoms with Crippen molar-refractivity contribution >= 4 is 23.2 Å². The van der Waals surface area contributed by atoms with Gasteiger partial charge in [-0.25, -0.2) is 0 Å². The van der Waals surface area contributed by atoms with Gasteiger partial charge in [-0.3, -0.25) is 14.6 Å². The Hall–Kier alpha value is -2.99. The van der Waals surface area contributed by atoms with Gasteiger partial charge in [0.15, 0.2) is 0 Å². The van der Waals surface area contributed by atoms with Crippen molar-refractivity contribution in [3.63, 3.8) is 0 Å². The molecule has 0 saturated carbocycles. The lowest BCUT2D eigenvalue weighted by atomic mass is 10.1. The number of ether oxygens (including phenoxy) is 1. The largest absolute Gasteiger partial charge is 0.460 e. The summed E-state index contributed by atoms with van der Waals surface area (Å²) in [6.07, 6.45) is 3.69. The first-order valence-electron chi connectivity index (χ1n) is 9.84. The van der Waals surface area contributed by atoms with Crippen LogP contribution in [0.2, 0.25) is 0 Å². The van der Waals surface area contributed by atoms with E-state index in [-0.39, 0.29) is 18.3 Å². The van der Waals surface area contributed by atoms with Crippen LogP contribution < -0.4 is 0 Å². The van der Waals surface area contributed by atoms with Crippen molar-refractivity contribution in [1.82, 2.24) is 9.88 Å². The zero-order valence-corrected chi connectivity index (χ0v) is 18.4. The molecule has 0 bridgehead atoms. The first kappa shape index (κ1) is 20.3. The topological polar surface area (TPSA) is 59.5 Å². The Morgan fingerprint density at radius 3 is 2.57 bits per heavy atom. The van der Waals surface area contributed by atoms with Crippen molar-refractivity contribution < 1.29 is 14.3 Å². The van der Waals surface area contributed by atoms with Gasteiger partial charge in [0.1, 0.15) is 5.60 Å². The Balaban J connectivity index is 1.55. The van der Waals surface area contributed by atoms with Crippen LogP contribution in [0.4, 0.5) is 0 Å². The minimum absolute atomic E-state index is 0.0719. The number of esters is 1. The molecule has 0 atom stereocenters. The fourth-order valence-electron chi connectivity index (χ4n) is 3.51. The van der Waals surface area contributed by atoms with E-state index in [0.717, 1.165) is 37.6 Å². The van der Waals surface area contributed by atoms with Crippen LogP contribution in [0.3, 0.4) is 0 Å². The smallest absolute Gasteiger partial charge is 0.310 e. The average molecular weight is 421 g/mol. The number of carbonyl (C=O) groups is 2. The minimum atomic E-state index is -0.503. The molecular weight excluding hydrogens is 396 g/mol. The third-order valence-electron chi connectivity index (χ3n) is 4.83. The van der Waals surface area contributed by atoms with E-state index in [1.165, 1.54) is 0 Å². The lowest BCUT2D eigenvalue weighted by Crippen LogP contribution is -2.24. The summed E-state index contributed by atoms with van der Waals surface area (Å²) < 4.78 is 5.41. The number of benzene rings is 1. The number of hydrogen-bond donors (Lipinski definition) is 0. The number of carbonyl (C=O) groups excluding carboxylic acids is 2. The van der Waals surface area contributed by atoms with Crippen molar-refractivity contribution in [2.24, 2.45) is 0 Å². The lowest BCUT2D eigenvalue weighted by molar-refractivity contribution is -0.153. The number of hydrogen-bond acceptors (Lipinski definition) is 5. The van der Waals surface area contributed by atoms with Crippen LogP contribution >= 0.6 is 11.3 Å². The number of aromatic nitrogens is 1. The van der Waals surface area contributed by atoms with E-state index in [2.05, 4.69) is 23.2 Å². The second-order valence-electron chi connectivity index (χ2n) is 8.54. The molecule has 30 heavy (non-hydrogen) atoms. The number of pyridine rings is 1. The highest BCUT2D eigenvalue weighted by Gasteiger charge is 2.24. The molecule has 6 heteroatoms. The summed E-state index contributed by atoms with van der Waals surface area (Å²) >= 11 is 1.64. The predicted octanol–water partition coefficient (Wildman–Crippen LogP) is 4.95. The summed E-state index contributed by atoms with van der Waals surface area (Å²) in [5, 5.41) is 0. The van der Waals surface area contributed by atoms with Crippen LogP contribution in [-0.4, -0.2) is 34.4 Å². The molecule has 1 aliphatic heterocycles. The standard InChI is InChI=1S/C24H24N2O3S/c1-24(2,3)29-22(27)10-15-9-18(13-25-12-15)21-8-7-20(30-21)16-5-6-17-14-26(4)23(28)19(17)11-16/h5-9,11-13H,10,14H2,1-4H3. The Morgan fingerprint density at radius 2 is 1.83 bits per heavy atom. The first-order valence-corrected chi connectivity index (χ1v) is 10.7. The number of fused-ring (bicyclic) bond motifs is 1. The highest BCUT2D eigenvalue weighted by Crippen LogP contribution is 2.36. The van der Waals surface area contributed by atoms with Gasteiger partial charge in [0, 0.05) is 46.9 Å². The highest BCUT2D eigenvalue weighted by atomic mass is 32.1. The van der Waals surface area contributed by atoms with Crippen LogP contribution in [0.15, 0.2) is 48.8 Å². The van der Waals surface area contributed by atoms with Gasteiger partial charge in [-0.1, -0.05) is 12.1 Å². The van der Waals surface area contributed by atoms with Crippen LogP contribution in [0, 0.1) is 0 Å². The summed E-state index contributed by atoms with van der Waals surface area (Å²) in [5.74, 6) is -0.191. The fourth-order valence-corrected chi connectivity index (χ4v) is 4.49. The molecule has 154 valence electrons. The zero-order valence-electron chi connectivity index (χ0n) is 17.6. The molecule has 1 aliphatic rings. The van der Waals surface area contributed by atoms with Gasteiger partial charge in [0.05, 0.1) is 6.42 Å². The van der Waals surface area contributed by atoms with Gasteiger partial charge in [-0.2, -0.15) is 0 Å². The number of amides is 1. The maximum Gasteiger partial charge on any atom is 0.310 e. The molecule has 1 aromatic carbocycles. The van der Waals surface area contributed by atoms with Gasteiger partial charge in [-0.05, 0) is 61.7 Å². The van der Waals surface area contributed by atoms with Crippen molar-refractivity contribution in [2.45, 2.75) is 39.3 Å². The molecule has 0 saturated heterocycles. The molecule has 4 rings (SSSR count). The predicted molar refractivity (Wildman–Crippen MR) is 118 cm³/mol. The van der Waals surface area contributed by atoms with E-state index < -0.39 is 5.60 Å². The van der Waals surface area contributed by atoms with E-state index in [0.29, 0.717) is 6.54 Å². The SMILES string of the molecule is CN1Cc2ccc(-c3ccc(-c4cncc(CC(=O)OC(C)(C)C)c4)s3)cc2C1=O. The second-order valence-corrected chi connectivity index (χ2v) is 9.63. The maximum atomic E-state index is 12.3. The maximum absolute atomic E-state index is 12.3. The second kappa shape index (κ2) is 7.69. The molecule has 2 aromatic heterocycles. The van der Waals surface area contributed by atoms with Gasteiger partial charge < -0.3 is 9.64 Å². The van der Waals surface area contributed by atoms with Crippen molar-refractivity contribution in [3.8, 4) is 20.9 Å². The van der Waals surface area contributed by atoms with E-state index in [9.17, 15) is 9.59 Å². The normalized spacial score (nSPS) is 13.5. The molecule has 5 nitrogen and oxygen atoms in total. The van der Waals surface area contributed by atoms with E-state index in [1.807, 2.05) is 46.0 Å². The number of rotatable bonds is 4. The third kappa shape index (κ3) is 4.28. The summed E-state index contributed by atoms with van der Waals surface area (Å²) in [5.41, 5.74) is 4.17. The zero-order chi connectivity index (χ0) is 21.5. The quantitative estimate of drug-likeness (QED) is 0.561. The Morgan fingerprint density at radius 1 is 1.10 bits per heavy atom. The molecule has 0 spiro atoms. The van der Waals surface area contributed by atoms with E-state index in [1.54, 1.807) is 28.6 Å². The molecule has 3 heterocycles. The molecule has 0 unspecified atom stereocenters. The molecule has 0 fully saturated rings. The fraction of sp³-hybridized carbons (Fsp3) is 0.292. The Bertz CT molecular complexity index is 1130. The Kier molecular flexibility index (Phi) is 5.20. The summed E-state index contributed by atoms with van der Waals surface area (Å²) in [4.78, 5) is 32.6. The van der Waals surface area contributed by atoms with Gasteiger partial charge in [0.25, 0.3) is 5.91 Å². The van der Waals surface area contributed by atoms with Crippen molar-refractivity contribution in [2.75, 3.05) is 7.05 Å². The van der Waals surface area contributed by atoms with Crippen molar-refractivity contribution in [3.05, 3.63) is 65.5 Å². The van der Waals surface area contributed by atoms with Gasteiger partial charge in [-0.15, -0.1) is 11.3 Å². The van der Waals surface area contributed by atoms with E-state index in [4.69, 9.17) is 4.74 Å². The summed E-state index contributed by atoms with van der Waals surface area (Å²) in [7, 11) is 1.82. The third-order valence-corrected chi connectivity index (χ3v) is 6.02. The van der Waals surface area contributed by atoms with Crippen molar-refractivity contribution in [1.29, 1.82) is 0 Å². The monoisotopic (exact) mass is 420 g/mol. The molecule has 0 N–H and O–H groups in total. The molecule has 3 aromatic rings. The molecule has 1 amide bonds. The van der Waals surface area contributed by atoms with Gasteiger partial charge in [0.2, 0.25) is 0 Å². The number of thiophene rings is 1. The molecular formula is C24H24N2O3S. The Labute approximate surface area is 180 Å². The molecule has 0 radical (unpaired) electrons. The lowest BCUT2D eigenvalue weighted by Gasteiger charge is -2.19. The van der Waals surface area contributed by atoms with Crippen LogP contribution in [0.25, 0.3) is 20.9 Å². The average Bonchev–Trinajstić information content (AvgIpc) is 3.26. The highest BCUT2D eigenvalue weighted by molar-refractivity contribution is 7.18. The summed E-state index contributed by atoms with van der Waals surface area (Å²) in [6.45, 7) is 6.24. The van der Waals surface area contributed by atoms with Crippen LogP contribution in [0.5, 0.6) is 0 Å². The van der Waals surface area contributed by atoms with E-state index >= 15 is 0 Å².